The van der Waals surface area contributed by atoms with E-state index in [-0.39, 0.29) is 37.8 Å². The Morgan fingerprint density at radius 2 is 1.46 bits per heavy atom. The second-order valence-electron chi connectivity index (χ2n) is 14.7. The molecular formula is C43H54N5O10P. The fourth-order valence-corrected chi connectivity index (χ4v) is 8.79. The number of H-pyrrole nitrogens is 1. The van der Waals surface area contributed by atoms with Crippen molar-refractivity contribution in [3.63, 3.8) is 0 Å². The molecule has 15 nitrogen and oxygen atoms in total. The van der Waals surface area contributed by atoms with Gasteiger partial charge in [0.25, 0.3) is 14.1 Å². The smallest absolute Gasteiger partial charge is 0.407 e. The number of nitrogens with zero attached hydrogens (tertiary/aromatic N) is 3. The molecule has 1 aliphatic rings. The maximum Gasteiger partial charge on any atom is 0.407 e. The summed E-state index contributed by atoms with van der Waals surface area (Å²) in [6, 6.07) is 27.7. The van der Waals surface area contributed by atoms with Crippen LogP contribution in [0.2, 0.25) is 0 Å². The number of hydrogen-bond donors (Lipinski definition) is 2. The van der Waals surface area contributed by atoms with Gasteiger partial charge < -0.3 is 38.0 Å². The van der Waals surface area contributed by atoms with Gasteiger partial charge in [-0.3, -0.25) is 14.3 Å². The van der Waals surface area contributed by atoms with E-state index in [9.17, 15) is 19.6 Å². The molecule has 4 aromatic rings. The fraction of sp³-hybridized carbons (Fsp3) is 0.442. The molecule has 1 amide bonds. The number of carbonyl (C=O) groups is 1. The molecule has 1 fully saturated rings. The summed E-state index contributed by atoms with van der Waals surface area (Å²) in [5, 5.41) is 12.2. The normalized spacial score (nSPS) is 18.6. The minimum atomic E-state index is -1.94. The van der Waals surface area contributed by atoms with Crippen LogP contribution in [0.15, 0.2) is 101 Å². The maximum absolute atomic E-state index is 13.5. The van der Waals surface area contributed by atoms with E-state index in [2.05, 4.69) is 16.4 Å². The third-order valence-corrected chi connectivity index (χ3v) is 11.7. The number of methoxy groups -OCH3 is 2. The number of hydrogen-bond acceptors (Lipinski definition) is 12. The van der Waals surface area contributed by atoms with Gasteiger partial charge in [-0.05, 0) is 82.5 Å². The number of aromatic amines is 1. The summed E-state index contributed by atoms with van der Waals surface area (Å²) >= 11 is 0. The maximum atomic E-state index is 13.5. The van der Waals surface area contributed by atoms with Crippen molar-refractivity contribution in [1.29, 1.82) is 5.26 Å². The largest absolute Gasteiger partial charge is 0.497 e. The van der Waals surface area contributed by atoms with Crippen LogP contribution in [0, 0.1) is 11.3 Å². The average Bonchev–Trinajstić information content (AvgIpc) is 3.53. The third-order valence-electron chi connectivity index (χ3n) is 9.57. The van der Waals surface area contributed by atoms with Gasteiger partial charge in [-0.1, -0.05) is 54.6 Å². The SMILES string of the molecule is COc1ccc(C(OC[C@H]2O[C@@H](n3ccc(=O)[nH]c3=O)[C@H](OC(=O)NC(C)C)[C@@H]2OP(OCCC#N)N(C(C)C)C(C)C)(c2ccccc2)c2ccc(OC)cc2)cc1. The molecule has 2 N–H and O–H groups in total. The van der Waals surface area contributed by atoms with Crippen molar-refractivity contribution in [3.8, 4) is 17.6 Å². The zero-order valence-electron chi connectivity index (χ0n) is 34.7. The van der Waals surface area contributed by atoms with Crippen LogP contribution in [0.25, 0.3) is 0 Å². The summed E-state index contributed by atoms with van der Waals surface area (Å²) in [5.41, 5.74) is -0.365. The van der Waals surface area contributed by atoms with E-state index in [4.69, 9.17) is 32.7 Å². The number of nitriles is 1. The summed E-state index contributed by atoms with van der Waals surface area (Å²) in [4.78, 5) is 41.4. The topological polar surface area (TPSA) is 176 Å². The molecule has 5 atom stereocenters. The molecule has 316 valence electrons. The third kappa shape index (κ3) is 10.8. The lowest BCUT2D eigenvalue weighted by atomic mass is 9.80. The number of rotatable bonds is 19. The molecule has 1 aromatic heterocycles. The molecule has 1 saturated heterocycles. The lowest BCUT2D eigenvalue weighted by molar-refractivity contribution is -0.0948. The number of aromatic nitrogens is 2. The Morgan fingerprint density at radius 3 is 1.97 bits per heavy atom. The van der Waals surface area contributed by atoms with Crippen molar-refractivity contribution in [2.45, 2.75) is 96.2 Å². The minimum Gasteiger partial charge on any atom is -0.497 e. The Kier molecular flexibility index (Phi) is 15.8. The predicted molar refractivity (Wildman–Crippen MR) is 222 cm³/mol. The van der Waals surface area contributed by atoms with Gasteiger partial charge in [-0.15, -0.1) is 0 Å². The predicted octanol–water partition coefficient (Wildman–Crippen LogP) is 6.62. The molecular weight excluding hydrogens is 777 g/mol. The van der Waals surface area contributed by atoms with Gasteiger partial charge in [0, 0.05) is 30.4 Å². The summed E-state index contributed by atoms with van der Waals surface area (Å²) in [6.07, 6.45) is -4.09. The molecule has 2 heterocycles. The number of benzene rings is 3. The fourth-order valence-electron chi connectivity index (χ4n) is 7.02. The first-order valence-electron chi connectivity index (χ1n) is 19.5. The van der Waals surface area contributed by atoms with Crippen LogP contribution in [0.3, 0.4) is 0 Å². The van der Waals surface area contributed by atoms with Crippen LogP contribution >= 0.6 is 8.53 Å². The van der Waals surface area contributed by atoms with E-state index >= 15 is 0 Å². The van der Waals surface area contributed by atoms with Crippen molar-refractivity contribution in [3.05, 3.63) is 129 Å². The van der Waals surface area contributed by atoms with Crippen molar-refractivity contribution < 1.29 is 37.5 Å². The Bertz CT molecular complexity index is 2050. The summed E-state index contributed by atoms with van der Waals surface area (Å²) < 4.78 is 47.6. The molecule has 3 aromatic carbocycles. The molecule has 0 radical (unpaired) electrons. The van der Waals surface area contributed by atoms with Crippen LogP contribution < -0.4 is 26.0 Å². The zero-order valence-corrected chi connectivity index (χ0v) is 35.6. The molecule has 1 aliphatic heterocycles. The summed E-state index contributed by atoms with van der Waals surface area (Å²) in [5.74, 6) is 1.30. The van der Waals surface area contributed by atoms with Crippen molar-refractivity contribution >= 4 is 14.6 Å². The average molecular weight is 832 g/mol. The Labute approximate surface area is 346 Å². The van der Waals surface area contributed by atoms with Gasteiger partial charge in [0.1, 0.15) is 29.3 Å². The van der Waals surface area contributed by atoms with Crippen LogP contribution in [0.1, 0.15) is 70.9 Å². The second-order valence-corrected chi connectivity index (χ2v) is 16.1. The van der Waals surface area contributed by atoms with Crippen LogP contribution in [-0.4, -0.2) is 84.2 Å². The van der Waals surface area contributed by atoms with Gasteiger partial charge in [0.15, 0.2) is 12.3 Å². The highest BCUT2D eigenvalue weighted by Crippen LogP contribution is 2.51. The van der Waals surface area contributed by atoms with Gasteiger partial charge in [0.2, 0.25) is 0 Å². The zero-order chi connectivity index (χ0) is 42.7. The quantitative estimate of drug-likeness (QED) is 0.0588. The summed E-state index contributed by atoms with van der Waals surface area (Å²) in [7, 11) is 1.25. The van der Waals surface area contributed by atoms with Crippen molar-refractivity contribution in [1.82, 2.24) is 19.5 Å². The van der Waals surface area contributed by atoms with Crippen molar-refractivity contribution in [2.24, 2.45) is 0 Å². The Balaban J connectivity index is 1.70. The van der Waals surface area contributed by atoms with Crippen LogP contribution in [0.4, 0.5) is 4.79 Å². The van der Waals surface area contributed by atoms with E-state index in [1.54, 1.807) is 28.1 Å². The Hall–Kier alpha value is -5.07. The molecule has 59 heavy (non-hydrogen) atoms. The number of nitrogens with one attached hydrogen (secondary N) is 2. The first-order valence-corrected chi connectivity index (χ1v) is 20.6. The molecule has 5 rings (SSSR count). The number of amides is 1. The van der Waals surface area contributed by atoms with Gasteiger partial charge in [-0.2, -0.15) is 5.26 Å². The van der Waals surface area contributed by atoms with E-state index in [1.807, 2.05) is 111 Å². The monoisotopic (exact) mass is 831 g/mol. The first kappa shape index (κ1) is 45.0. The number of ether oxygens (including phenoxy) is 5. The number of carbonyl (C=O) groups excluding carboxylic acids is 1. The van der Waals surface area contributed by atoms with Gasteiger partial charge in [0.05, 0.1) is 39.9 Å². The molecule has 0 bridgehead atoms. The van der Waals surface area contributed by atoms with Crippen LogP contribution in [-0.2, 0) is 28.9 Å². The van der Waals surface area contributed by atoms with Gasteiger partial charge in [-0.25, -0.2) is 14.3 Å². The molecule has 0 spiro atoms. The molecule has 16 heteroatoms. The van der Waals surface area contributed by atoms with E-state index in [1.165, 1.54) is 12.3 Å². The number of alkyl carbamates (subject to hydrolysis) is 1. The lowest BCUT2D eigenvalue weighted by Crippen LogP contribution is -2.45. The molecule has 0 saturated carbocycles. The lowest BCUT2D eigenvalue weighted by Gasteiger charge is -2.39. The van der Waals surface area contributed by atoms with Crippen molar-refractivity contribution in [2.75, 3.05) is 27.4 Å². The highest BCUT2D eigenvalue weighted by Gasteiger charge is 2.53. The second kappa shape index (κ2) is 20.8. The van der Waals surface area contributed by atoms with Gasteiger partial charge >= 0.3 is 11.8 Å². The highest BCUT2D eigenvalue weighted by molar-refractivity contribution is 7.44. The standard InChI is InChI=1S/C43H54N5O10P/c1-28(2)45-42(51)57-39-38(58-59(55-26-12-24-44)48(29(3)4)30(5)6)36(56-40(39)47-25-23-37(49)46-41(47)50)27-54-43(31-13-10-9-11-14-31,32-15-19-34(52-7)20-16-32)33-17-21-35(53-8)22-18-33/h9-11,13-23,25,28-30,36,38-40H,12,26-27H2,1-8H3,(H,45,51)(H,46,49,50)/t36-,38-,39-,40-,59?/m1/s1. The molecule has 0 aliphatic carbocycles. The van der Waals surface area contributed by atoms with E-state index < -0.39 is 56.0 Å². The summed E-state index contributed by atoms with van der Waals surface area (Å²) in [6.45, 7) is 11.5. The van der Waals surface area contributed by atoms with E-state index in [0.717, 1.165) is 21.3 Å². The molecule has 1 unspecified atom stereocenters. The first-order chi connectivity index (χ1) is 28.3. The highest BCUT2D eigenvalue weighted by atomic mass is 31.2. The van der Waals surface area contributed by atoms with E-state index in [0.29, 0.717) is 11.5 Å². The van der Waals surface area contributed by atoms with Crippen LogP contribution in [0.5, 0.6) is 11.5 Å². The minimum absolute atomic E-state index is 0.0705. The Morgan fingerprint density at radius 1 is 0.881 bits per heavy atom.